The molecule has 0 aliphatic heterocycles. The minimum absolute atomic E-state index is 0.542. The van der Waals surface area contributed by atoms with Gasteiger partial charge in [-0.25, -0.2) is 8.78 Å². The fourth-order valence-corrected chi connectivity index (χ4v) is 2.04. The van der Waals surface area contributed by atoms with Crippen molar-refractivity contribution in [1.29, 1.82) is 0 Å². The lowest BCUT2D eigenvalue weighted by Gasteiger charge is -2.03. The summed E-state index contributed by atoms with van der Waals surface area (Å²) in [4.78, 5) is 3.00. The maximum Gasteiger partial charge on any atom is 0.177 e. The fourth-order valence-electron chi connectivity index (χ4n) is 1.74. The van der Waals surface area contributed by atoms with Crippen LogP contribution in [-0.4, -0.2) is 9.55 Å². The first-order valence-corrected chi connectivity index (χ1v) is 5.66. The van der Waals surface area contributed by atoms with Gasteiger partial charge in [0.25, 0.3) is 0 Å². The summed E-state index contributed by atoms with van der Waals surface area (Å²) in [5.41, 5.74) is 1.60. The van der Waals surface area contributed by atoms with E-state index in [1.165, 1.54) is 12.1 Å². The van der Waals surface area contributed by atoms with Crippen molar-refractivity contribution in [2.75, 3.05) is 0 Å². The lowest BCUT2D eigenvalue weighted by atomic mass is 10.1. The van der Waals surface area contributed by atoms with Crippen LogP contribution in [0.25, 0.3) is 0 Å². The highest BCUT2D eigenvalue weighted by Crippen LogP contribution is 2.10. The number of hydrogen-bond donors (Lipinski definition) is 1. The topological polar surface area (TPSA) is 20.7 Å². The van der Waals surface area contributed by atoms with Crippen molar-refractivity contribution in [3.63, 3.8) is 0 Å². The van der Waals surface area contributed by atoms with Gasteiger partial charge in [0.1, 0.15) is 11.6 Å². The second-order valence-electron chi connectivity index (χ2n) is 3.96. The van der Waals surface area contributed by atoms with Crippen molar-refractivity contribution in [2.45, 2.75) is 19.9 Å². The molecule has 0 amide bonds. The lowest BCUT2D eigenvalue weighted by molar-refractivity contribution is 0.576. The molecule has 0 bridgehead atoms. The van der Waals surface area contributed by atoms with E-state index in [0.717, 1.165) is 11.8 Å². The molecule has 0 saturated heterocycles. The lowest BCUT2D eigenvalue weighted by Crippen LogP contribution is -2.01. The zero-order chi connectivity index (χ0) is 12.4. The van der Waals surface area contributed by atoms with Crippen LogP contribution in [0.3, 0.4) is 0 Å². The van der Waals surface area contributed by atoms with E-state index in [4.69, 9.17) is 12.2 Å². The summed E-state index contributed by atoms with van der Waals surface area (Å²) in [6, 6.07) is 3.55. The average Bonchev–Trinajstić information content (AvgIpc) is 2.53. The molecule has 0 atom stereocenters. The molecule has 0 spiro atoms. The summed E-state index contributed by atoms with van der Waals surface area (Å²) in [7, 11) is 0. The van der Waals surface area contributed by atoms with Gasteiger partial charge in [-0.05, 0) is 43.3 Å². The van der Waals surface area contributed by atoms with Crippen molar-refractivity contribution >= 4 is 12.2 Å². The van der Waals surface area contributed by atoms with Gasteiger partial charge in [0.15, 0.2) is 4.77 Å². The van der Waals surface area contributed by atoms with Gasteiger partial charge in [0, 0.05) is 24.5 Å². The molecule has 5 heteroatoms. The van der Waals surface area contributed by atoms with Gasteiger partial charge in [0.05, 0.1) is 0 Å². The molecule has 1 aromatic carbocycles. The largest absolute Gasteiger partial charge is 0.335 e. The highest BCUT2D eigenvalue weighted by molar-refractivity contribution is 7.71. The Kier molecular flexibility index (Phi) is 3.38. The summed E-state index contributed by atoms with van der Waals surface area (Å²) >= 11 is 5.10. The van der Waals surface area contributed by atoms with Gasteiger partial charge in [-0.15, -0.1) is 0 Å². The molecule has 1 N–H and O–H groups in total. The van der Waals surface area contributed by atoms with E-state index in [9.17, 15) is 8.78 Å². The molecule has 1 aromatic heterocycles. The second-order valence-corrected chi connectivity index (χ2v) is 4.35. The Labute approximate surface area is 103 Å². The highest BCUT2D eigenvalue weighted by Gasteiger charge is 2.02. The quantitative estimate of drug-likeness (QED) is 0.833. The molecule has 0 aliphatic carbocycles. The van der Waals surface area contributed by atoms with Crippen LogP contribution in [0.1, 0.15) is 11.3 Å². The van der Waals surface area contributed by atoms with Gasteiger partial charge in [0.2, 0.25) is 0 Å². The first-order chi connectivity index (χ1) is 8.04. The standard InChI is InChI=1S/C12H12F2N2S/c1-8-7-16(12(17)15-8)3-2-9-4-10(13)6-11(14)5-9/h4-7H,2-3H2,1H3,(H,15,17). The molecule has 0 aliphatic rings. The van der Waals surface area contributed by atoms with E-state index in [0.29, 0.717) is 23.3 Å². The van der Waals surface area contributed by atoms with Crippen LogP contribution in [-0.2, 0) is 13.0 Å². The number of rotatable bonds is 3. The smallest absolute Gasteiger partial charge is 0.177 e. The van der Waals surface area contributed by atoms with E-state index in [1.807, 2.05) is 17.7 Å². The summed E-state index contributed by atoms with van der Waals surface area (Å²) in [6.45, 7) is 2.51. The molecule has 1 heterocycles. The molecule has 2 rings (SSSR count). The van der Waals surface area contributed by atoms with E-state index in [1.54, 1.807) is 0 Å². The zero-order valence-electron chi connectivity index (χ0n) is 9.34. The number of imidazole rings is 1. The SMILES string of the molecule is Cc1cn(CCc2cc(F)cc(F)c2)c(=S)[nH]1. The van der Waals surface area contributed by atoms with Crippen LogP contribution in [0.5, 0.6) is 0 Å². The molecule has 2 aromatic rings. The number of halogens is 2. The van der Waals surface area contributed by atoms with Crippen LogP contribution >= 0.6 is 12.2 Å². The predicted octanol–water partition coefficient (Wildman–Crippen LogP) is 3.38. The zero-order valence-corrected chi connectivity index (χ0v) is 10.2. The molecular formula is C12H12F2N2S. The van der Waals surface area contributed by atoms with Crippen LogP contribution < -0.4 is 0 Å². The molecule has 0 fully saturated rings. The Morgan fingerprint density at radius 3 is 2.41 bits per heavy atom. The number of aromatic amines is 1. The van der Waals surface area contributed by atoms with Gasteiger partial charge in [-0.1, -0.05) is 0 Å². The van der Waals surface area contributed by atoms with E-state index >= 15 is 0 Å². The van der Waals surface area contributed by atoms with Gasteiger partial charge >= 0.3 is 0 Å². The highest BCUT2D eigenvalue weighted by atomic mass is 32.1. The van der Waals surface area contributed by atoms with Crippen molar-refractivity contribution < 1.29 is 8.78 Å². The van der Waals surface area contributed by atoms with Gasteiger partial charge < -0.3 is 9.55 Å². The van der Waals surface area contributed by atoms with E-state index < -0.39 is 11.6 Å². The fraction of sp³-hybridized carbons (Fsp3) is 0.250. The number of hydrogen-bond acceptors (Lipinski definition) is 1. The minimum Gasteiger partial charge on any atom is -0.335 e. The summed E-state index contributed by atoms with van der Waals surface area (Å²) in [6.07, 6.45) is 2.43. The number of benzene rings is 1. The van der Waals surface area contributed by atoms with Crippen LogP contribution in [0.4, 0.5) is 8.78 Å². The monoisotopic (exact) mass is 254 g/mol. The maximum atomic E-state index is 13.0. The van der Waals surface area contributed by atoms with Crippen molar-refractivity contribution in [3.8, 4) is 0 Å². The summed E-state index contributed by atoms with van der Waals surface area (Å²) < 4.78 is 28.4. The molecular weight excluding hydrogens is 242 g/mol. The molecule has 90 valence electrons. The minimum atomic E-state index is -0.547. The number of nitrogens with zero attached hydrogens (tertiary/aromatic N) is 1. The third-order valence-electron chi connectivity index (χ3n) is 2.48. The van der Waals surface area contributed by atoms with Gasteiger partial charge in [-0.2, -0.15) is 0 Å². The number of H-pyrrole nitrogens is 1. The molecule has 0 radical (unpaired) electrons. The maximum absolute atomic E-state index is 13.0. The Bertz CT molecular complexity index is 566. The Hall–Kier alpha value is -1.49. The Morgan fingerprint density at radius 2 is 1.88 bits per heavy atom. The van der Waals surface area contributed by atoms with Crippen molar-refractivity contribution in [2.24, 2.45) is 0 Å². The Balaban J connectivity index is 2.12. The normalized spacial score (nSPS) is 10.8. The summed E-state index contributed by atoms with van der Waals surface area (Å²) in [5.74, 6) is -1.09. The van der Waals surface area contributed by atoms with E-state index in [-0.39, 0.29) is 0 Å². The first kappa shape index (κ1) is 12.0. The average molecular weight is 254 g/mol. The molecule has 0 unspecified atom stereocenters. The first-order valence-electron chi connectivity index (χ1n) is 5.25. The number of nitrogens with one attached hydrogen (secondary N) is 1. The Morgan fingerprint density at radius 1 is 1.24 bits per heavy atom. The molecule has 2 nitrogen and oxygen atoms in total. The predicted molar refractivity (Wildman–Crippen MR) is 64.4 cm³/mol. The van der Waals surface area contributed by atoms with Crippen LogP contribution in [0.2, 0.25) is 0 Å². The third-order valence-corrected chi connectivity index (χ3v) is 2.81. The number of aryl methyl sites for hydroxylation is 3. The summed E-state index contributed by atoms with van der Waals surface area (Å²) in [5, 5.41) is 0. The van der Waals surface area contributed by atoms with Crippen molar-refractivity contribution in [1.82, 2.24) is 9.55 Å². The molecule has 0 saturated carbocycles. The number of aromatic nitrogens is 2. The van der Waals surface area contributed by atoms with Crippen LogP contribution in [0, 0.1) is 23.3 Å². The third kappa shape index (κ3) is 3.00. The van der Waals surface area contributed by atoms with Gasteiger partial charge in [-0.3, -0.25) is 0 Å². The second kappa shape index (κ2) is 4.79. The molecule has 17 heavy (non-hydrogen) atoms. The van der Waals surface area contributed by atoms with E-state index in [2.05, 4.69) is 4.98 Å². The van der Waals surface area contributed by atoms with Crippen LogP contribution in [0.15, 0.2) is 24.4 Å². The van der Waals surface area contributed by atoms with Crippen molar-refractivity contribution in [3.05, 3.63) is 52.1 Å².